The first-order valence-corrected chi connectivity index (χ1v) is 13.2. The van der Waals surface area contributed by atoms with Crippen LogP contribution < -0.4 is 20.1 Å². The second-order valence-electron chi connectivity index (χ2n) is 9.30. The Morgan fingerprint density at radius 2 is 1.41 bits per heavy atom. The van der Waals surface area contributed by atoms with Gasteiger partial charge in [0, 0.05) is 12.0 Å². The average Bonchev–Trinajstić information content (AvgIpc) is 3.01. The zero-order valence-corrected chi connectivity index (χ0v) is 23.4. The number of methoxy groups -OCH3 is 2. The van der Waals surface area contributed by atoms with E-state index in [4.69, 9.17) is 18.9 Å². The summed E-state index contributed by atoms with van der Waals surface area (Å²) in [6.07, 6.45) is -2.09. The molecule has 0 aliphatic rings. The van der Waals surface area contributed by atoms with Crippen molar-refractivity contribution in [1.29, 1.82) is 0 Å². The zero-order chi connectivity index (χ0) is 29.6. The van der Waals surface area contributed by atoms with E-state index in [1.807, 2.05) is 36.4 Å². The SMILES string of the molecule is COc1ccc(OC)c([C@H](O)[C@H](C)NC(=O)CC[C@H](NC(=O)OCc2ccccc2)C(=O)OCc2ccccc2)c1. The van der Waals surface area contributed by atoms with Gasteiger partial charge in [0.15, 0.2) is 0 Å². The summed E-state index contributed by atoms with van der Waals surface area (Å²) in [7, 11) is 2.99. The van der Waals surface area contributed by atoms with Crippen LogP contribution in [0.2, 0.25) is 0 Å². The number of carbonyl (C=O) groups is 3. The maximum atomic E-state index is 12.9. The number of rotatable bonds is 14. The van der Waals surface area contributed by atoms with Gasteiger partial charge in [-0.3, -0.25) is 4.79 Å². The molecule has 0 aliphatic heterocycles. The Bertz CT molecular complexity index is 1270. The number of alkyl carbamates (subject to hydrolysis) is 1. The van der Waals surface area contributed by atoms with Gasteiger partial charge in [-0.25, -0.2) is 9.59 Å². The van der Waals surface area contributed by atoms with Crippen molar-refractivity contribution in [2.75, 3.05) is 14.2 Å². The first-order chi connectivity index (χ1) is 19.8. The summed E-state index contributed by atoms with van der Waals surface area (Å²) >= 11 is 0. The van der Waals surface area contributed by atoms with Gasteiger partial charge in [0.05, 0.1) is 20.3 Å². The molecule has 0 saturated carbocycles. The lowest BCUT2D eigenvalue weighted by atomic mass is 10.0. The van der Waals surface area contributed by atoms with Crippen LogP contribution in [0.25, 0.3) is 0 Å². The smallest absolute Gasteiger partial charge is 0.408 e. The summed E-state index contributed by atoms with van der Waals surface area (Å²) < 4.78 is 21.2. The average molecular weight is 565 g/mol. The van der Waals surface area contributed by atoms with Crippen LogP contribution in [0.1, 0.15) is 42.6 Å². The molecule has 0 radical (unpaired) electrons. The molecular formula is C31H36N2O8. The molecule has 0 bridgehead atoms. The van der Waals surface area contributed by atoms with Crippen LogP contribution in [0, 0.1) is 0 Å². The Labute approximate surface area is 239 Å². The molecular weight excluding hydrogens is 528 g/mol. The van der Waals surface area contributed by atoms with Crippen LogP contribution in [0.15, 0.2) is 78.9 Å². The van der Waals surface area contributed by atoms with E-state index in [9.17, 15) is 19.5 Å². The lowest BCUT2D eigenvalue weighted by Gasteiger charge is -2.23. The van der Waals surface area contributed by atoms with Crippen molar-refractivity contribution < 1.29 is 38.4 Å². The molecule has 3 N–H and O–H groups in total. The van der Waals surface area contributed by atoms with E-state index in [0.717, 1.165) is 11.1 Å². The molecule has 0 fully saturated rings. The van der Waals surface area contributed by atoms with Crippen molar-refractivity contribution in [3.63, 3.8) is 0 Å². The lowest BCUT2D eigenvalue weighted by molar-refractivity contribution is -0.147. The number of benzene rings is 3. The maximum Gasteiger partial charge on any atom is 0.408 e. The molecule has 3 aromatic rings. The van der Waals surface area contributed by atoms with E-state index in [0.29, 0.717) is 17.1 Å². The Balaban J connectivity index is 1.60. The summed E-state index contributed by atoms with van der Waals surface area (Å²) in [5.41, 5.74) is 2.01. The predicted molar refractivity (Wildman–Crippen MR) is 151 cm³/mol. The highest BCUT2D eigenvalue weighted by molar-refractivity contribution is 5.83. The number of aliphatic hydroxyl groups excluding tert-OH is 1. The normalized spacial score (nSPS) is 12.8. The molecule has 2 amide bonds. The summed E-state index contributed by atoms with van der Waals surface area (Å²) in [5.74, 6) is -0.162. The van der Waals surface area contributed by atoms with E-state index in [2.05, 4.69) is 10.6 Å². The number of carbonyl (C=O) groups excluding carboxylic acids is 3. The van der Waals surface area contributed by atoms with Crippen molar-refractivity contribution in [2.45, 2.75) is 51.2 Å². The van der Waals surface area contributed by atoms with Crippen LogP contribution in [0.4, 0.5) is 4.79 Å². The van der Waals surface area contributed by atoms with E-state index in [1.165, 1.54) is 14.2 Å². The first-order valence-electron chi connectivity index (χ1n) is 13.2. The van der Waals surface area contributed by atoms with Crippen LogP contribution in [0.3, 0.4) is 0 Å². The number of amides is 2. The molecule has 218 valence electrons. The Hall–Kier alpha value is -4.57. The summed E-state index contributed by atoms with van der Waals surface area (Å²) in [4.78, 5) is 38.2. The van der Waals surface area contributed by atoms with Gasteiger partial charge in [0.2, 0.25) is 5.91 Å². The Kier molecular flexibility index (Phi) is 12.0. The second-order valence-corrected chi connectivity index (χ2v) is 9.30. The van der Waals surface area contributed by atoms with Crippen molar-refractivity contribution in [2.24, 2.45) is 0 Å². The molecule has 3 rings (SSSR count). The third kappa shape index (κ3) is 9.84. The van der Waals surface area contributed by atoms with Gasteiger partial charge in [-0.1, -0.05) is 60.7 Å². The highest BCUT2D eigenvalue weighted by Crippen LogP contribution is 2.31. The number of hydrogen-bond acceptors (Lipinski definition) is 8. The van der Waals surface area contributed by atoms with E-state index in [-0.39, 0.29) is 26.1 Å². The fourth-order valence-corrected chi connectivity index (χ4v) is 4.01. The van der Waals surface area contributed by atoms with E-state index in [1.54, 1.807) is 49.4 Å². The molecule has 0 unspecified atom stereocenters. The number of aliphatic hydroxyl groups is 1. The van der Waals surface area contributed by atoms with Gasteiger partial charge in [-0.15, -0.1) is 0 Å². The van der Waals surface area contributed by atoms with Crippen molar-refractivity contribution in [3.8, 4) is 11.5 Å². The topological polar surface area (TPSA) is 132 Å². The van der Waals surface area contributed by atoms with Crippen LogP contribution in [-0.2, 0) is 32.3 Å². The third-order valence-electron chi connectivity index (χ3n) is 6.29. The predicted octanol–water partition coefficient (Wildman–Crippen LogP) is 4.06. The minimum atomic E-state index is -1.13. The second kappa shape index (κ2) is 15.9. The minimum Gasteiger partial charge on any atom is -0.497 e. The van der Waals surface area contributed by atoms with Gasteiger partial charge in [-0.2, -0.15) is 0 Å². The largest absolute Gasteiger partial charge is 0.497 e. The van der Waals surface area contributed by atoms with Crippen molar-refractivity contribution in [3.05, 3.63) is 95.6 Å². The monoisotopic (exact) mass is 564 g/mol. The first kappa shape index (κ1) is 31.0. The lowest BCUT2D eigenvalue weighted by Crippen LogP contribution is -2.43. The molecule has 3 aromatic carbocycles. The van der Waals surface area contributed by atoms with E-state index < -0.39 is 36.2 Å². The third-order valence-corrected chi connectivity index (χ3v) is 6.29. The van der Waals surface area contributed by atoms with Gasteiger partial charge >= 0.3 is 12.1 Å². The van der Waals surface area contributed by atoms with Gasteiger partial charge in [0.25, 0.3) is 0 Å². The van der Waals surface area contributed by atoms with Crippen LogP contribution in [-0.4, -0.2) is 49.4 Å². The maximum absolute atomic E-state index is 12.9. The Morgan fingerprint density at radius 3 is 2.00 bits per heavy atom. The molecule has 0 saturated heterocycles. The van der Waals surface area contributed by atoms with Crippen LogP contribution >= 0.6 is 0 Å². The quantitative estimate of drug-likeness (QED) is 0.250. The van der Waals surface area contributed by atoms with Gasteiger partial charge in [0.1, 0.15) is 36.9 Å². The molecule has 0 heterocycles. The fourth-order valence-electron chi connectivity index (χ4n) is 4.01. The standard InChI is InChI=1S/C31H36N2O8/c1-21(29(35)25-18-24(38-2)14-16-27(25)39-3)32-28(34)17-15-26(30(36)40-19-22-10-6-4-7-11-22)33-31(37)41-20-23-12-8-5-9-13-23/h4-14,16,18,21,26,29,35H,15,17,19-20H2,1-3H3,(H,32,34)(H,33,37)/t21-,26-,29+/m0/s1. The molecule has 0 spiro atoms. The number of hydrogen-bond donors (Lipinski definition) is 3. The fraction of sp³-hybridized carbons (Fsp3) is 0.323. The van der Waals surface area contributed by atoms with Crippen LogP contribution in [0.5, 0.6) is 11.5 Å². The van der Waals surface area contributed by atoms with Crippen molar-refractivity contribution >= 4 is 18.0 Å². The summed E-state index contributed by atoms with van der Waals surface area (Å²) in [5, 5.41) is 16.1. The minimum absolute atomic E-state index is 0.00864. The van der Waals surface area contributed by atoms with Gasteiger partial charge in [-0.05, 0) is 42.7 Å². The van der Waals surface area contributed by atoms with E-state index >= 15 is 0 Å². The molecule has 0 aromatic heterocycles. The highest BCUT2D eigenvalue weighted by Gasteiger charge is 2.26. The molecule has 0 aliphatic carbocycles. The molecule has 41 heavy (non-hydrogen) atoms. The number of esters is 1. The summed E-state index contributed by atoms with van der Waals surface area (Å²) in [6, 6.07) is 21.4. The number of nitrogens with one attached hydrogen (secondary N) is 2. The molecule has 3 atom stereocenters. The molecule has 10 nitrogen and oxygen atoms in total. The number of ether oxygens (including phenoxy) is 4. The Morgan fingerprint density at radius 1 is 0.805 bits per heavy atom. The summed E-state index contributed by atoms with van der Waals surface area (Å²) in [6.45, 7) is 1.67. The van der Waals surface area contributed by atoms with Crippen molar-refractivity contribution in [1.82, 2.24) is 10.6 Å². The zero-order valence-electron chi connectivity index (χ0n) is 23.4. The molecule has 10 heteroatoms. The van der Waals surface area contributed by atoms with Gasteiger partial charge < -0.3 is 34.7 Å². The highest BCUT2D eigenvalue weighted by atomic mass is 16.6.